The highest BCUT2D eigenvalue weighted by atomic mass is 35.5. The maximum atomic E-state index is 13.7. The van der Waals surface area contributed by atoms with E-state index in [0.29, 0.717) is 10.6 Å². The molecule has 1 unspecified atom stereocenters. The molecular formula is C17H24ClF2N. The number of rotatable bonds is 6. The Morgan fingerprint density at radius 3 is 2.38 bits per heavy atom. The van der Waals surface area contributed by atoms with Gasteiger partial charge in [-0.3, -0.25) is 0 Å². The summed E-state index contributed by atoms with van der Waals surface area (Å²) in [5, 5.41) is 3.85. The lowest BCUT2D eigenvalue weighted by atomic mass is 9.73. The van der Waals surface area contributed by atoms with Crippen molar-refractivity contribution in [2.45, 2.75) is 58.4 Å². The first kappa shape index (κ1) is 16.7. The van der Waals surface area contributed by atoms with Crippen LogP contribution in [0.25, 0.3) is 0 Å². The SMILES string of the molecule is CCCNC(c1cc(F)c(F)cc1Cl)C1(CC)CCCC1. The summed E-state index contributed by atoms with van der Waals surface area (Å²) in [6.07, 6.45) is 6.63. The van der Waals surface area contributed by atoms with E-state index in [9.17, 15) is 8.78 Å². The third-order valence-corrected chi connectivity index (χ3v) is 5.19. The molecule has 0 aliphatic heterocycles. The molecule has 0 saturated heterocycles. The van der Waals surface area contributed by atoms with Crippen LogP contribution in [0.3, 0.4) is 0 Å². The molecule has 1 aromatic rings. The second kappa shape index (κ2) is 7.06. The minimum Gasteiger partial charge on any atom is -0.309 e. The van der Waals surface area contributed by atoms with Crippen molar-refractivity contribution in [1.82, 2.24) is 5.32 Å². The predicted molar refractivity (Wildman–Crippen MR) is 83.6 cm³/mol. The Morgan fingerprint density at radius 2 is 1.81 bits per heavy atom. The normalized spacial score (nSPS) is 18.9. The number of benzene rings is 1. The highest BCUT2D eigenvalue weighted by Gasteiger charge is 2.41. The van der Waals surface area contributed by atoms with E-state index in [4.69, 9.17) is 11.6 Å². The Hall–Kier alpha value is -0.670. The summed E-state index contributed by atoms with van der Waals surface area (Å²) in [5.74, 6) is -1.70. The summed E-state index contributed by atoms with van der Waals surface area (Å²) in [5.41, 5.74) is 0.802. The molecule has 0 heterocycles. The molecule has 21 heavy (non-hydrogen) atoms. The lowest BCUT2D eigenvalue weighted by molar-refractivity contribution is 0.187. The van der Waals surface area contributed by atoms with E-state index in [1.54, 1.807) is 0 Å². The van der Waals surface area contributed by atoms with E-state index in [-0.39, 0.29) is 11.5 Å². The van der Waals surface area contributed by atoms with Gasteiger partial charge in [0.2, 0.25) is 0 Å². The van der Waals surface area contributed by atoms with E-state index < -0.39 is 11.6 Å². The maximum absolute atomic E-state index is 13.7. The Bertz CT molecular complexity index is 484. The zero-order valence-corrected chi connectivity index (χ0v) is 13.6. The summed E-state index contributed by atoms with van der Waals surface area (Å²) >= 11 is 6.23. The minimum atomic E-state index is -0.880. The first-order valence-electron chi connectivity index (χ1n) is 7.92. The Balaban J connectivity index is 2.42. The van der Waals surface area contributed by atoms with E-state index in [1.807, 2.05) is 0 Å². The fourth-order valence-corrected chi connectivity index (χ4v) is 3.89. The molecule has 4 heteroatoms. The monoisotopic (exact) mass is 315 g/mol. The second-order valence-electron chi connectivity index (χ2n) is 6.10. The van der Waals surface area contributed by atoms with Crippen LogP contribution in [0.5, 0.6) is 0 Å². The van der Waals surface area contributed by atoms with Crippen molar-refractivity contribution in [3.8, 4) is 0 Å². The molecule has 0 bridgehead atoms. The minimum absolute atomic E-state index is 0.00690. The van der Waals surface area contributed by atoms with Gasteiger partial charge in [0, 0.05) is 11.1 Å². The molecule has 1 aliphatic rings. The van der Waals surface area contributed by atoms with E-state index >= 15 is 0 Å². The van der Waals surface area contributed by atoms with Gasteiger partial charge in [-0.05, 0) is 55.3 Å². The van der Waals surface area contributed by atoms with Crippen molar-refractivity contribution in [3.05, 3.63) is 34.4 Å². The molecule has 1 fully saturated rings. The van der Waals surface area contributed by atoms with Crippen LogP contribution in [0.15, 0.2) is 12.1 Å². The third kappa shape index (κ3) is 3.40. The molecular weight excluding hydrogens is 292 g/mol. The quantitative estimate of drug-likeness (QED) is 0.671. The molecule has 1 aromatic carbocycles. The van der Waals surface area contributed by atoms with Crippen molar-refractivity contribution < 1.29 is 8.78 Å². The van der Waals surface area contributed by atoms with Crippen LogP contribution < -0.4 is 5.32 Å². The van der Waals surface area contributed by atoms with Gasteiger partial charge in [0.05, 0.1) is 0 Å². The van der Waals surface area contributed by atoms with Crippen molar-refractivity contribution in [3.63, 3.8) is 0 Å². The van der Waals surface area contributed by atoms with Gasteiger partial charge in [-0.25, -0.2) is 8.78 Å². The second-order valence-corrected chi connectivity index (χ2v) is 6.51. The van der Waals surface area contributed by atoms with Gasteiger partial charge in [-0.1, -0.05) is 38.3 Å². The number of nitrogens with one attached hydrogen (secondary N) is 1. The van der Waals surface area contributed by atoms with Crippen molar-refractivity contribution >= 4 is 11.6 Å². The van der Waals surface area contributed by atoms with Crippen LogP contribution in [-0.2, 0) is 0 Å². The molecule has 118 valence electrons. The molecule has 1 saturated carbocycles. The molecule has 1 aliphatic carbocycles. The molecule has 0 spiro atoms. The van der Waals surface area contributed by atoms with Gasteiger partial charge in [0.1, 0.15) is 0 Å². The molecule has 0 radical (unpaired) electrons. The van der Waals surface area contributed by atoms with Crippen molar-refractivity contribution in [2.75, 3.05) is 6.54 Å². The smallest absolute Gasteiger partial charge is 0.160 e. The Morgan fingerprint density at radius 1 is 1.19 bits per heavy atom. The van der Waals surface area contributed by atoms with Gasteiger partial charge in [0.15, 0.2) is 11.6 Å². The van der Waals surface area contributed by atoms with Gasteiger partial charge in [0.25, 0.3) is 0 Å². The Kier molecular flexibility index (Phi) is 5.61. The first-order chi connectivity index (χ1) is 10.0. The molecule has 1 N–H and O–H groups in total. The van der Waals surface area contributed by atoms with Crippen LogP contribution in [-0.4, -0.2) is 6.54 Å². The first-order valence-corrected chi connectivity index (χ1v) is 8.29. The summed E-state index contributed by atoms with van der Waals surface area (Å²) < 4.78 is 27.0. The van der Waals surface area contributed by atoms with Crippen LogP contribution >= 0.6 is 11.6 Å². The van der Waals surface area contributed by atoms with E-state index in [1.165, 1.54) is 18.9 Å². The lowest BCUT2D eigenvalue weighted by Gasteiger charge is -2.38. The highest BCUT2D eigenvalue weighted by molar-refractivity contribution is 6.31. The fraction of sp³-hybridized carbons (Fsp3) is 0.647. The molecule has 0 aromatic heterocycles. The average molecular weight is 316 g/mol. The van der Waals surface area contributed by atoms with E-state index in [2.05, 4.69) is 19.2 Å². The van der Waals surface area contributed by atoms with Crippen LogP contribution in [0.2, 0.25) is 5.02 Å². The van der Waals surface area contributed by atoms with Gasteiger partial charge < -0.3 is 5.32 Å². The average Bonchev–Trinajstić information content (AvgIpc) is 2.94. The van der Waals surface area contributed by atoms with Crippen LogP contribution in [0, 0.1) is 17.0 Å². The highest BCUT2D eigenvalue weighted by Crippen LogP contribution is 2.51. The van der Waals surface area contributed by atoms with Crippen LogP contribution in [0.4, 0.5) is 8.78 Å². The van der Waals surface area contributed by atoms with Gasteiger partial charge >= 0.3 is 0 Å². The number of halogens is 3. The van der Waals surface area contributed by atoms with Crippen LogP contribution in [0.1, 0.15) is 64.0 Å². The third-order valence-electron chi connectivity index (χ3n) is 4.86. The summed E-state index contributed by atoms with van der Waals surface area (Å²) in [6, 6.07) is 2.37. The van der Waals surface area contributed by atoms with Gasteiger partial charge in [-0.2, -0.15) is 0 Å². The molecule has 2 rings (SSSR count). The maximum Gasteiger partial charge on any atom is 0.160 e. The number of hydrogen-bond donors (Lipinski definition) is 1. The summed E-state index contributed by atoms with van der Waals surface area (Å²) in [6.45, 7) is 5.13. The number of hydrogen-bond acceptors (Lipinski definition) is 1. The molecule has 0 amide bonds. The fourth-order valence-electron chi connectivity index (χ4n) is 3.63. The van der Waals surface area contributed by atoms with E-state index in [0.717, 1.165) is 38.3 Å². The van der Waals surface area contributed by atoms with Crippen molar-refractivity contribution in [2.24, 2.45) is 5.41 Å². The summed E-state index contributed by atoms with van der Waals surface area (Å²) in [7, 11) is 0. The predicted octanol–water partition coefficient (Wildman–Crippen LogP) is 5.63. The largest absolute Gasteiger partial charge is 0.309 e. The standard InChI is InChI=1S/C17H24ClF2N/c1-3-9-21-16(17(4-2)7-5-6-8-17)12-10-14(19)15(20)11-13(12)18/h10-11,16,21H,3-9H2,1-2H3. The summed E-state index contributed by atoms with van der Waals surface area (Å²) in [4.78, 5) is 0. The zero-order valence-electron chi connectivity index (χ0n) is 12.8. The lowest BCUT2D eigenvalue weighted by Crippen LogP contribution is -2.37. The molecule has 1 nitrogen and oxygen atoms in total. The topological polar surface area (TPSA) is 12.0 Å². The van der Waals surface area contributed by atoms with Crippen molar-refractivity contribution in [1.29, 1.82) is 0 Å². The molecule has 1 atom stereocenters. The Labute approximate surface area is 131 Å². The van der Waals surface area contributed by atoms with Gasteiger partial charge in [-0.15, -0.1) is 0 Å². The zero-order chi connectivity index (χ0) is 15.5.